The predicted octanol–water partition coefficient (Wildman–Crippen LogP) is 6.50. The Morgan fingerprint density at radius 1 is 0.952 bits per heavy atom. The fourth-order valence-electron chi connectivity index (χ4n) is 2.91. The monoisotopic (exact) mass is 290 g/mol. The van der Waals surface area contributed by atoms with Gasteiger partial charge in [-0.3, -0.25) is 0 Å². The zero-order valence-electron chi connectivity index (χ0n) is 15.1. The van der Waals surface area contributed by atoms with Gasteiger partial charge < -0.3 is 5.11 Å². The molecule has 0 heterocycles. The highest BCUT2D eigenvalue weighted by Crippen LogP contribution is 2.39. The molecule has 0 fully saturated rings. The van der Waals surface area contributed by atoms with E-state index in [1.165, 1.54) is 31.2 Å². The largest absolute Gasteiger partial charge is 0.507 e. The molecular formula is C20H34O. The lowest BCUT2D eigenvalue weighted by molar-refractivity contribution is 0.437. The summed E-state index contributed by atoms with van der Waals surface area (Å²) in [6.07, 6.45) is 5.05. The van der Waals surface area contributed by atoms with Crippen LogP contribution in [0.4, 0.5) is 0 Å². The van der Waals surface area contributed by atoms with Crippen molar-refractivity contribution in [1.29, 1.82) is 0 Å². The first-order valence-corrected chi connectivity index (χ1v) is 8.58. The Labute approximate surface area is 131 Å². The van der Waals surface area contributed by atoms with Gasteiger partial charge in [-0.25, -0.2) is 0 Å². The average Bonchev–Trinajstić information content (AvgIpc) is 2.38. The minimum atomic E-state index is 0.177. The van der Waals surface area contributed by atoms with Gasteiger partial charge in [-0.2, -0.15) is 0 Å². The fourth-order valence-corrected chi connectivity index (χ4v) is 2.91. The van der Waals surface area contributed by atoms with Gasteiger partial charge in [0.25, 0.3) is 0 Å². The first kappa shape index (κ1) is 18.1. The van der Waals surface area contributed by atoms with E-state index in [9.17, 15) is 5.11 Å². The van der Waals surface area contributed by atoms with Crippen LogP contribution in [0.1, 0.15) is 103 Å². The number of unbranched alkanes of at least 4 members (excludes halogenated alkanes) is 2. The predicted molar refractivity (Wildman–Crippen MR) is 93.5 cm³/mol. The van der Waals surface area contributed by atoms with E-state index in [0.717, 1.165) is 11.1 Å². The van der Waals surface area contributed by atoms with Crippen LogP contribution in [0.25, 0.3) is 0 Å². The summed E-state index contributed by atoms with van der Waals surface area (Å²) in [5.74, 6) is 1.22. The molecule has 0 bridgehead atoms. The van der Waals surface area contributed by atoms with Crippen LogP contribution >= 0.6 is 0 Å². The third-order valence-electron chi connectivity index (χ3n) is 4.60. The Kier molecular flexibility index (Phi) is 6.31. The van der Waals surface area contributed by atoms with Crippen molar-refractivity contribution in [2.75, 3.05) is 0 Å². The van der Waals surface area contributed by atoms with Gasteiger partial charge in [0.2, 0.25) is 0 Å². The Bertz CT molecular complexity index is 426. The standard InChI is InChI=1S/C20H34O/c1-8-9-10-11-20(6,7)16-12-17(14(2)3)19(21)18(13-16)15(4)5/h12-15,21H,8-11H2,1-7H3. The number of aromatic hydroxyl groups is 1. The summed E-state index contributed by atoms with van der Waals surface area (Å²) >= 11 is 0. The van der Waals surface area contributed by atoms with Crippen LogP contribution in [0.2, 0.25) is 0 Å². The van der Waals surface area contributed by atoms with Crippen LogP contribution < -0.4 is 0 Å². The molecule has 0 unspecified atom stereocenters. The lowest BCUT2D eigenvalue weighted by Gasteiger charge is -2.28. The molecule has 0 aliphatic carbocycles. The van der Waals surface area contributed by atoms with Crippen molar-refractivity contribution >= 4 is 0 Å². The van der Waals surface area contributed by atoms with Gasteiger partial charge in [-0.1, -0.05) is 79.9 Å². The van der Waals surface area contributed by atoms with Crippen molar-refractivity contribution < 1.29 is 5.11 Å². The molecule has 21 heavy (non-hydrogen) atoms. The van der Waals surface area contributed by atoms with E-state index < -0.39 is 0 Å². The molecule has 0 saturated carbocycles. The van der Waals surface area contributed by atoms with E-state index in [2.05, 4.69) is 60.6 Å². The van der Waals surface area contributed by atoms with Gasteiger partial charge >= 0.3 is 0 Å². The van der Waals surface area contributed by atoms with Crippen LogP contribution in [0.3, 0.4) is 0 Å². The minimum Gasteiger partial charge on any atom is -0.507 e. The highest BCUT2D eigenvalue weighted by Gasteiger charge is 2.24. The van der Waals surface area contributed by atoms with Crippen molar-refractivity contribution in [3.63, 3.8) is 0 Å². The quantitative estimate of drug-likeness (QED) is 0.568. The third kappa shape index (κ3) is 4.49. The fraction of sp³-hybridized carbons (Fsp3) is 0.700. The Morgan fingerprint density at radius 3 is 1.81 bits per heavy atom. The van der Waals surface area contributed by atoms with Gasteiger partial charge in [0, 0.05) is 0 Å². The summed E-state index contributed by atoms with van der Waals surface area (Å²) in [5.41, 5.74) is 3.75. The molecular weight excluding hydrogens is 256 g/mol. The van der Waals surface area contributed by atoms with Crippen LogP contribution in [0.15, 0.2) is 12.1 Å². The number of phenolic OH excluding ortho intramolecular Hbond substituents is 1. The molecule has 1 heteroatoms. The molecule has 1 aromatic rings. The molecule has 0 aromatic heterocycles. The molecule has 0 atom stereocenters. The summed E-state index contributed by atoms with van der Waals surface area (Å²) < 4.78 is 0. The average molecular weight is 290 g/mol. The first-order chi connectivity index (χ1) is 9.70. The summed E-state index contributed by atoms with van der Waals surface area (Å²) in [7, 11) is 0. The van der Waals surface area contributed by atoms with E-state index >= 15 is 0 Å². The molecule has 1 rings (SSSR count). The summed E-state index contributed by atoms with van der Waals surface area (Å²) in [6.45, 7) is 15.6. The van der Waals surface area contributed by atoms with Crippen LogP contribution in [-0.4, -0.2) is 5.11 Å². The van der Waals surface area contributed by atoms with Crippen molar-refractivity contribution in [2.45, 2.75) is 91.4 Å². The van der Waals surface area contributed by atoms with Gasteiger partial charge in [0.1, 0.15) is 5.75 Å². The molecule has 0 saturated heterocycles. The smallest absolute Gasteiger partial charge is 0.122 e. The van der Waals surface area contributed by atoms with Crippen LogP contribution in [0.5, 0.6) is 5.75 Å². The van der Waals surface area contributed by atoms with Crippen LogP contribution in [-0.2, 0) is 5.41 Å². The molecule has 0 aliphatic rings. The second-order valence-electron chi connectivity index (χ2n) is 7.65. The van der Waals surface area contributed by atoms with Crippen molar-refractivity contribution in [3.05, 3.63) is 28.8 Å². The molecule has 1 aromatic carbocycles. The van der Waals surface area contributed by atoms with Crippen molar-refractivity contribution in [3.8, 4) is 5.75 Å². The zero-order valence-corrected chi connectivity index (χ0v) is 15.1. The van der Waals surface area contributed by atoms with Gasteiger partial charge in [0.05, 0.1) is 0 Å². The first-order valence-electron chi connectivity index (χ1n) is 8.58. The van der Waals surface area contributed by atoms with Gasteiger partial charge in [-0.15, -0.1) is 0 Å². The van der Waals surface area contributed by atoms with Crippen molar-refractivity contribution in [2.24, 2.45) is 0 Å². The number of rotatable bonds is 7. The Hall–Kier alpha value is -0.980. The third-order valence-corrected chi connectivity index (χ3v) is 4.60. The molecule has 120 valence electrons. The number of hydrogen-bond acceptors (Lipinski definition) is 1. The summed E-state index contributed by atoms with van der Waals surface area (Å²) in [6, 6.07) is 4.47. The van der Waals surface area contributed by atoms with E-state index in [-0.39, 0.29) is 5.41 Å². The summed E-state index contributed by atoms with van der Waals surface area (Å²) in [4.78, 5) is 0. The van der Waals surface area contributed by atoms with E-state index in [1.54, 1.807) is 0 Å². The maximum atomic E-state index is 10.5. The van der Waals surface area contributed by atoms with E-state index in [1.807, 2.05) is 0 Å². The normalized spacial score (nSPS) is 12.4. The zero-order chi connectivity index (χ0) is 16.2. The topological polar surface area (TPSA) is 20.2 Å². The highest BCUT2D eigenvalue weighted by atomic mass is 16.3. The number of hydrogen-bond donors (Lipinski definition) is 1. The second-order valence-corrected chi connectivity index (χ2v) is 7.65. The Morgan fingerprint density at radius 2 is 1.43 bits per heavy atom. The van der Waals surface area contributed by atoms with E-state index in [4.69, 9.17) is 0 Å². The SMILES string of the molecule is CCCCCC(C)(C)c1cc(C(C)C)c(O)c(C(C)C)c1. The number of benzene rings is 1. The van der Waals surface area contributed by atoms with Gasteiger partial charge in [0.15, 0.2) is 0 Å². The molecule has 1 nitrogen and oxygen atoms in total. The van der Waals surface area contributed by atoms with Gasteiger partial charge in [-0.05, 0) is 40.4 Å². The minimum absolute atomic E-state index is 0.177. The van der Waals surface area contributed by atoms with Crippen LogP contribution in [0, 0.1) is 0 Å². The highest BCUT2D eigenvalue weighted by molar-refractivity contribution is 5.48. The maximum absolute atomic E-state index is 10.5. The summed E-state index contributed by atoms with van der Waals surface area (Å²) in [5, 5.41) is 10.5. The number of phenols is 1. The van der Waals surface area contributed by atoms with E-state index in [0.29, 0.717) is 17.6 Å². The lowest BCUT2D eigenvalue weighted by Crippen LogP contribution is -2.18. The lowest BCUT2D eigenvalue weighted by atomic mass is 9.77. The second kappa shape index (κ2) is 7.33. The molecule has 0 radical (unpaired) electrons. The molecule has 0 amide bonds. The van der Waals surface area contributed by atoms with Crippen molar-refractivity contribution in [1.82, 2.24) is 0 Å². The Balaban J connectivity index is 3.23. The molecule has 0 spiro atoms. The molecule has 1 N–H and O–H groups in total. The maximum Gasteiger partial charge on any atom is 0.122 e. The molecule has 0 aliphatic heterocycles.